The lowest BCUT2D eigenvalue weighted by molar-refractivity contribution is -0.125. The number of hydrogen-bond acceptors (Lipinski definition) is 5. The number of amides is 2. The van der Waals surface area contributed by atoms with E-state index in [4.69, 9.17) is 22.3 Å². The van der Waals surface area contributed by atoms with Crippen LogP contribution in [0.2, 0.25) is 0 Å². The highest BCUT2D eigenvalue weighted by molar-refractivity contribution is 5.79. The maximum atomic E-state index is 11.6. The van der Waals surface area contributed by atoms with Gasteiger partial charge in [-0.15, -0.1) is 12.8 Å². The van der Waals surface area contributed by atoms with Gasteiger partial charge in [0.15, 0.2) is 0 Å². The molecule has 0 aliphatic carbocycles. The largest absolute Gasteiger partial charge is 0.368 e. The fraction of sp³-hybridized carbons (Fsp3) is 0.611. The zero-order valence-corrected chi connectivity index (χ0v) is 14.4. The summed E-state index contributed by atoms with van der Waals surface area (Å²) in [6, 6.07) is -0.534. The number of hydrogen-bond donors (Lipinski definition) is 2. The van der Waals surface area contributed by atoms with Gasteiger partial charge in [-0.05, 0) is 19.3 Å². The molecule has 0 aromatic carbocycles. The molecule has 0 aliphatic heterocycles. The first kappa shape index (κ1) is 22.6. The number of rotatable bonds is 15. The Morgan fingerprint density at radius 2 is 1.60 bits per heavy atom. The number of nitrogens with one attached hydrogen (secondary N) is 2. The first-order chi connectivity index (χ1) is 12.1. The van der Waals surface area contributed by atoms with Crippen molar-refractivity contribution in [2.45, 2.75) is 38.1 Å². The van der Waals surface area contributed by atoms with Gasteiger partial charge in [-0.1, -0.05) is 11.8 Å². The summed E-state index contributed by atoms with van der Waals surface area (Å²) in [5.74, 6) is 4.26. The average molecular weight is 350 g/mol. The van der Waals surface area contributed by atoms with Crippen LogP contribution >= 0.6 is 0 Å². The SMILES string of the molecule is C#CCOCCC(=O)NCCCC[C@H](C=O)NC(=O)CCOCC#C. The summed E-state index contributed by atoms with van der Waals surface area (Å²) in [6.45, 7) is 1.38. The summed E-state index contributed by atoms with van der Waals surface area (Å²) in [7, 11) is 0. The van der Waals surface area contributed by atoms with E-state index in [9.17, 15) is 14.4 Å². The van der Waals surface area contributed by atoms with Crippen LogP contribution in [0.1, 0.15) is 32.1 Å². The second kappa shape index (κ2) is 16.5. The van der Waals surface area contributed by atoms with Gasteiger partial charge >= 0.3 is 0 Å². The van der Waals surface area contributed by atoms with Crippen molar-refractivity contribution in [3.8, 4) is 24.7 Å². The van der Waals surface area contributed by atoms with Crippen LogP contribution in [0.15, 0.2) is 0 Å². The number of aldehydes is 1. The molecule has 138 valence electrons. The van der Waals surface area contributed by atoms with E-state index in [0.717, 1.165) is 0 Å². The Hall–Kier alpha value is -2.35. The second-order valence-electron chi connectivity index (χ2n) is 5.17. The Bertz CT molecular complexity index is 479. The van der Waals surface area contributed by atoms with Gasteiger partial charge < -0.3 is 24.9 Å². The highest BCUT2D eigenvalue weighted by atomic mass is 16.5. The Labute approximate surface area is 149 Å². The van der Waals surface area contributed by atoms with Gasteiger partial charge in [0.05, 0.1) is 32.1 Å². The standard InChI is InChI=1S/C18H26N2O5/c1-3-11-24-13-8-17(22)19-10-6-5-7-16(15-21)20-18(23)9-14-25-12-4-2/h1-2,15-16H,5-14H2,(H,19,22)(H,20,23)/t16-/m1/s1. The lowest BCUT2D eigenvalue weighted by Gasteiger charge is -2.13. The molecule has 1 atom stereocenters. The van der Waals surface area contributed by atoms with Crippen molar-refractivity contribution < 1.29 is 23.9 Å². The molecule has 2 N–H and O–H groups in total. The van der Waals surface area contributed by atoms with E-state index in [-0.39, 0.29) is 44.5 Å². The highest BCUT2D eigenvalue weighted by Gasteiger charge is 2.11. The third kappa shape index (κ3) is 14.9. The molecule has 0 rings (SSSR count). The molecule has 25 heavy (non-hydrogen) atoms. The number of terminal acetylenes is 2. The van der Waals surface area contributed by atoms with E-state index < -0.39 is 6.04 Å². The van der Waals surface area contributed by atoms with Gasteiger partial charge in [0.25, 0.3) is 0 Å². The van der Waals surface area contributed by atoms with Crippen molar-refractivity contribution in [2.75, 3.05) is 33.0 Å². The zero-order valence-electron chi connectivity index (χ0n) is 14.4. The lowest BCUT2D eigenvalue weighted by Crippen LogP contribution is -2.36. The van der Waals surface area contributed by atoms with Gasteiger partial charge in [0.2, 0.25) is 11.8 Å². The Morgan fingerprint density at radius 3 is 2.16 bits per heavy atom. The molecule has 0 saturated carbocycles. The van der Waals surface area contributed by atoms with Crippen molar-refractivity contribution in [3.63, 3.8) is 0 Å². The number of ether oxygens (including phenoxy) is 2. The minimum absolute atomic E-state index is 0.107. The van der Waals surface area contributed by atoms with E-state index in [1.54, 1.807) is 0 Å². The molecular formula is C18H26N2O5. The molecule has 0 heterocycles. The average Bonchev–Trinajstić information content (AvgIpc) is 2.61. The van der Waals surface area contributed by atoms with Crippen LogP contribution in [0.5, 0.6) is 0 Å². The van der Waals surface area contributed by atoms with Crippen molar-refractivity contribution in [1.29, 1.82) is 0 Å². The molecule has 0 spiro atoms. The summed E-state index contributed by atoms with van der Waals surface area (Å²) in [4.78, 5) is 34.1. The van der Waals surface area contributed by atoms with Crippen LogP contribution in [0, 0.1) is 24.7 Å². The molecule has 0 bridgehead atoms. The van der Waals surface area contributed by atoms with Crippen LogP contribution in [0.25, 0.3) is 0 Å². The molecule has 0 radical (unpaired) electrons. The normalized spacial score (nSPS) is 11.0. The molecule has 0 aromatic heterocycles. The summed E-state index contributed by atoms with van der Waals surface area (Å²) in [5.41, 5.74) is 0. The van der Waals surface area contributed by atoms with E-state index in [1.165, 1.54) is 0 Å². The first-order valence-corrected chi connectivity index (χ1v) is 8.17. The van der Waals surface area contributed by atoms with Crippen LogP contribution in [0.4, 0.5) is 0 Å². The van der Waals surface area contributed by atoms with Gasteiger partial charge in [-0.25, -0.2) is 0 Å². The number of unbranched alkanes of at least 4 members (excludes halogenated alkanes) is 1. The molecule has 0 aliphatic rings. The van der Waals surface area contributed by atoms with Gasteiger partial charge in [0, 0.05) is 6.54 Å². The van der Waals surface area contributed by atoms with Crippen LogP contribution in [0.3, 0.4) is 0 Å². The van der Waals surface area contributed by atoms with Crippen LogP contribution in [-0.4, -0.2) is 57.1 Å². The molecular weight excluding hydrogens is 324 g/mol. The predicted molar refractivity (Wildman–Crippen MR) is 93.4 cm³/mol. The Kier molecular flexibility index (Phi) is 15.0. The molecule has 0 fully saturated rings. The smallest absolute Gasteiger partial charge is 0.222 e. The van der Waals surface area contributed by atoms with Gasteiger partial charge in [-0.3, -0.25) is 9.59 Å². The fourth-order valence-electron chi connectivity index (χ4n) is 1.85. The Balaban J connectivity index is 3.68. The van der Waals surface area contributed by atoms with Crippen LogP contribution in [-0.2, 0) is 23.9 Å². The van der Waals surface area contributed by atoms with Crippen molar-refractivity contribution in [3.05, 3.63) is 0 Å². The number of carbonyl (C=O) groups is 3. The third-order valence-corrected chi connectivity index (χ3v) is 3.09. The topological polar surface area (TPSA) is 93.7 Å². The van der Waals surface area contributed by atoms with E-state index in [0.29, 0.717) is 38.7 Å². The van der Waals surface area contributed by atoms with E-state index >= 15 is 0 Å². The molecule has 0 saturated heterocycles. The van der Waals surface area contributed by atoms with Gasteiger partial charge in [-0.2, -0.15) is 0 Å². The van der Waals surface area contributed by atoms with Crippen molar-refractivity contribution in [2.24, 2.45) is 0 Å². The predicted octanol–water partition coefficient (Wildman–Crippen LogP) is 0.0364. The highest BCUT2D eigenvalue weighted by Crippen LogP contribution is 1.99. The van der Waals surface area contributed by atoms with E-state index in [1.807, 2.05) is 0 Å². The Morgan fingerprint density at radius 1 is 1.00 bits per heavy atom. The van der Waals surface area contributed by atoms with E-state index in [2.05, 4.69) is 22.5 Å². The fourth-order valence-corrected chi connectivity index (χ4v) is 1.85. The summed E-state index contributed by atoms with van der Waals surface area (Å²) in [5, 5.41) is 5.38. The number of carbonyl (C=O) groups excluding carboxylic acids is 3. The zero-order chi connectivity index (χ0) is 18.8. The molecule has 7 heteroatoms. The van der Waals surface area contributed by atoms with Crippen molar-refractivity contribution in [1.82, 2.24) is 10.6 Å². The molecule has 7 nitrogen and oxygen atoms in total. The molecule has 0 unspecified atom stereocenters. The minimum atomic E-state index is -0.534. The van der Waals surface area contributed by atoms with Crippen molar-refractivity contribution >= 4 is 18.1 Å². The second-order valence-corrected chi connectivity index (χ2v) is 5.17. The maximum Gasteiger partial charge on any atom is 0.222 e. The quantitative estimate of drug-likeness (QED) is 0.247. The summed E-state index contributed by atoms with van der Waals surface area (Å²) >= 11 is 0. The molecule has 2 amide bonds. The summed E-state index contributed by atoms with van der Waals surface area (Å²) < 4.78 is 10.0. The summed E-state index contributed by atoms with van der Waals surface area (Å²) in [6.07, 6.45) is 13.1. The molecule has 0 aromatic rings. The third-order valence-electron chi connectivity index (χ3n) is 3.09. The van der Waals surface area contributed by atoms with Gasteiger partial charge in [0.1, 0.15) is 19.5 Å². The van der Waals surface area contributed by atoms with Crippen LogP contribution < -0.4 is 10.6 Å². The maximum absolute atomic E-state index is 11.6. The first-order valence-electron chi connectivity index (χ1n) is 8.17. The lowest BCUT2D eigenvalue weighted by atomic mass is 10.1. The minimum Gasteiger partial charge on any atom is -0.368 e. The monoisotopic (exact) mass is 350 g/mol.